The van der Waals surface area contributed by atoms with E-state index in [9.17, 15) is 0 Å². The molecule has 0 aromatic rings. The summed E-state index contributed by atoms with van der Waals surface area (Å²) in [7, 11) is 0. The Morgan fingerprint density at radius 1 is 1.00 bits per heavy atom. The Bertz CT molecular complexity index is 233. The molecular formula is C16H29BrO. The van der Waals surface area contributed by atoms with Crippen molar-refractivity contribution in [2.24, 2.45) is 11.3 Å². The van der Waals surface area contributed by atoms with E-state index >= 15 is 0 Å². The van der Waals surface area contributed by atoms with Crippen molar-refractivity contribution in [1.82, 2.24) is 0 Å². The van der Waals surface area contributed by atoms with Crippen molar-refractivity contribution in [2.75, 3.05) is 11.9 Å². The zero-order valence-electron chi connectivity index (χ0n) is 11.9. The van der Waals surface area contributed by atoms with Gasteiger partial charge in [0.15, 0.2) is 0 Å². The van der Waals surface area contributed by atoms with Crippen LogP contribution >= 0.6 is 15.9 Å². The lowest BCUT2D eigenvalue weighted by Gasteiger charge is -2.35. The summed E-state index contributed by atoms with van der Waals surface area (Å²) < 4.78 is 6.35. The van der Waals surface area contributed by atoms with E-state index in [1.165, 1.54) is 64.2 Å². The Balaban J connectivity index is 1.85. The summed E-state index contributed by atoms with van der Waals surface area (Å²) >= 11 is 3.76. The lowest BCUT2D eigenvalue weighted by molar-refractivity contribution is -0.0468. The summed E-state index contributed by atoms with van der Waals surface area (Å²) in [6.07, 6.45) is 14.3. The van der Waals surface area contributed by atoms with Crippen LogP contribution in [-0.2, 0) is 4.74 Å². The molecule has 2 aliphatic carbocycles. The average Bonchev–Trinajstić information content (AvgIpc) is 2.64. The van der Waals surface area contributed by atoms with Gasteiger partial charge in [-0.25, -0.2) is 0 Å². The molecule has 2 fully saturated rings. The Morgan fingerprint density at radius 2 is 1.67 bits per heavy atom. The van der Waals surface area contributed by atoms with Gasteiger partial charge in [-0.1, -0.05) is 61.4 Å². The first-order chi connectivity index (χ1) is 8.76. The fourth-order valence-corrected chi connectivity index (χ4v) is 4.33. The third-order valence-corrected chi connectivity index (χ3v) is 6.27. The van der Waals surface area contributed by atoms with Crippen molar-refractivity contribution in [2.45, 2.75) is 77.2 Å². The van der Waals surface area contributed by atoms with Crippen molar-refractivity contribution in [1.29, 1.82) is 0 Å². The molecule has 0 amide bonds. The quantitative estimate of drug-likeness (QED) is 0.504. The van der Waals surface area contributed by atoms with Gasteiger partial charge in [0.25, 0.3) is 0 Å². The molecule has 2 aliphatic rings. The second-order valence-corrected chi connectivity index (χ2v) is 7.22. The summed E-state index contributed by atoms with van der Waals surface area (Å²) in [5.41, 5.74) is 0.438. The molecule has 2 heteroatoms. The van der Waals surface area contributed by atoms with Crippen molar-refractivity contribution in [3.63, 3.8) is 0 Å². The van der Waals surface area contributed by atoms with Crippen LogP contribution in [0.2, 0.25) is 0 Å². The minimum absolute atomic E-state index is 0.438. The van der Waals surface area contributed by atoms with Gasteiger partial charge in [-0.15, -0.1) is 0 Å². The maximum atomic E-state index is 6.35. The van der Waals surface area contributed by atoms with Gasteiger partial charge in [0.2, 0.25) is 0 Å². The van der Waals surface area contributed by atoms with E-state index in [2.05, 4.69) is 22.9 Å². The Hall–Kier alpha value is 0.440. The molecule has 0 aromatic heterocycles. The minimum Gasteiger partial charge on any atom is -0.377 e. The lowest BCUT2D eigenvalue weighted by atomic mass is 9.82. The molecule has 2 atom stereocenters. The molecule has 1 nitrogen and oxygen atoms in total. The van der Waals surface area contributed by atoms with Gasteiger partial charge in [-0.2, -0.15) is 0 Å². The first-order valence-corrected chi connectivity index (χ1v) is 9.05. The van der Waals surface area contributed by atoms with E-state index in [1.807, 2.05) is 0 Å². The third kappa shape index (κ3) is 3.96. The topological polar surface area (TPSA) is 9.23 Å². The summed E-state index contributed by atoms with van der Waals surface area (Å²) in [5, 5.41) is 1.13. The minimum atomic E-state index is 0.438. The van der Waals surface area contributed by atoms with Crippen LogP contribution in [0.15, 0.2) is 0 Å². The Morgan fingerprint density at radius 3 is 2.28 bits per heavy atom. The number of halogens is 1. The summed E-state index contributed by atoms with van der Waals surface area (Å²) in [5.74, 6) is 0.775. The van der Waals surface area contributed by atoms with Gasteiger partial charge >= 0.3 is 0 Å². The zero-order valence-corrected chi connectivity index (χ0v) is 13.5. The van der Waals surface area contributed by atoms with Crippen LogP contribution in [0.5, 0.6) is 0 Å². The van der Waals surface area contributed by atoms with E-state index in [4.69, 9.17) is 4.74 Å². The molecule has 2 rings (SSSR count). The molecule has 0 aromatic carbocycles. The number of alkyl halides is 1. The average molecular weight is 317 g/mol. The second-order valence-electron chi connectivity index (χ2n) is 6.66. The van der Waals surface area contributed by atoms with E-state index in [0.717, 1.165) is 17.9 Å². The molecular weight excluding hydrogens is 288 g/mol. The molecule has 0 N–H and O–H groups in total. The highest BCUT2D eigenvalue weighted by Gasteiger charge is 2.32. The van der Waals surface area contributed by atoms with Crippen LogP contribution in [0.25, 0.3) is 0 Å². The number of hydrogen-bond acceptors (Lipinski definition) is 1. The van der Waals surface area contributed by atoms with Gasteiger partial charge in [0.05, 0.1) is 12.7 Å². The van der Waals surface area contributed by atoms with Gasteiger partial charge < -0.3 is 4.74 Å². The highest BCUT2D eigenvalue weighted by Crippen LogP contribution is 2.38. The van der Waals surface area contributed by atoms with Crippen LogP contribution in [0.3, 0.4) is 0 Å². The molecule has 0 aliphatic heterocycles. The van der Waals surface area contributed by atoms with Crippen LogP contribution in [0.1, 0.15) is 71.1 Å². The van der Waals surface area contributed by atoms with Gasteiger partial charge in [0.1, 0.15) is 0 Å². The molecule has 0 radical (unpaired) electrons. The van der Waals surface area contributed by atoms with E-state index in [-0.39, 0.29) is 0 Å². The standard InChI is InChI=1S/C16H29BrO/c1-14-8-4-5-9-15(14)18-13-16(12-17)10-6-2-3-7-11-16/h14-15H,2-13H2,1H3. The van der Waals surface area contributed by atoms with Gasteiger partial charge in [-0.3, -0.25) is 0 Å². The van der Waals surface area contributed by atoms with E-state index in [1.54, 1.807) is 0 Å². The van der Waals surface area contributed by atoms with Crippen molar-refractivity contribution >= 4 is 15.9 Å². The molecule has 2 saturated carbocycles. The van der Waals surface area contributed by atoms with Gasteiger partial charge in [-0.05, 0) is 31.6 Å². The normalized spacial score (nSPS) is 33.0. The molecule has 0 bridgehead atoms. The van der Waals surface area contributed by atoms with Crippen LogP contribution in [-0.4, -0.2) is 18.0 Å². The maximum Gasteiger partial charge on any atom is 0.0600 e. The maximum absolute atomic E-state index is 6.35. The van der Waals surface area contributed by atoms with Crippen molar-refractivity contribution < 1.29 is 4.74 Å². The SMILES string of the molecule is CC1CCCCC1OCC1(CBr)CCCCCC1. The molecule has 0 saturated heterocycles. The highest BCUT2D eigenvalue weighted by atomic mass is 79.9. The van der Waals surface area contributed by atoms with E-state index in [0.29, 0.717) is 11.5 Å². The molecule has 18 heavy (non-hydrogen) atoms. The predicted molar refractivity (Wildman–Crippen MR) is 81.3 cm³/mol. The van der Waals surface area contributed by atoms with E-state index < -0.39 is 0 Å². The molecule has 106 valence electrons. The lowest BCUT2D eigenvalue weighted by Crippen LogP contribution is -2.34. The fourth-order valence-electron chi connectivity index (χ4n) is 3.61. The zero-order chi connectivity index (χ0) is 12.8. The van der Waals surface area contributed by atoms with Crippen molar-refractivity contribution in [3.8, 4) is 0 Å². The molecule has 2 unspecified atom stereocenters. The Labute approximate surface area is 121 Å². The van der Waals surface area contributed by atoms with Crippen molar-refractivity contribution in [3.05, 3.63) is 0 Å². The summed E-state index contributed by atoms with van der Waals surface area (Å²) in [6, 6.07) is 0. The van der Waals surface area contributed by atoms with Crippen LogP contribution in [0.4, 0.5) is 0 Å². The largest absolute Gasteiger partial charge is 0.377 e. The van der Waals surface area contributed by atoms with Gasteiger partial charge in [0, 0.05) is 10.7 Å². The molecule has 0 spiro atoms. The number of ether oxygens (including phenoxy) is 1. The molecule has 0 heterocycles. The summed E-state index contributed by atoms with van der Waals surface area (Å²) in [4.78, 5) is 0. The second kappa shape index (κ2) is 7.28. The smallest absolute Gasteiger partial charge is 0.0600 e. The third-order valence-electron chi connectivity index (χ3n) is 5.08. The van der Waals surface area contributed by atoms with Crippen LogP contribution < -0.4 is 0 Å². The first-order valence-electron chi connectivity index (χ1n) is 7.93. The summed E-state index contributed by atoms with van der Waals surface area (Å²) in [6.45, 7) is 3.37. The number of rotatable bonds is 4. The highest BCUT2D eigenvalue weighted by molar-refractivity contribution is 9.09. The predicted octanol–water partition coefficient (Wildman–Crippen LogP) is 5.32. The number of hydrogen-bond donors (Lipinski definition) is 0. The monoisotopic (exact) mass is 316 g/mol. The van der Waals surface area contributed by atoms with Crippen LogP contribution in [0, 0.1) is 11.3 Å². The Kier molecular flexibility index (Phi) is 6.00. The first kappa shape index (κ1) is 14.8. The fraction of sp³-hybridized carbons (Fsp3) is 1.00.